The van der Waals surface area contributed by atoms with Crippen molar-refractivity contribution in [3.63, 3.8) is 0 Å². The molecule has 154 valence electrons. The fraction of sp³-hybridized carbons (Fsp3) is 0.292. The van der Waals surface area contributed by atoms with E-state index in [1.165, 1.54) is 7.11 Å². The van der Waals surface area contributed by atoms with Crippen molar-refractivity contribution in [3.05, 3.63) is 71.4 Å². The average molecular weight is 404 g/mol. The molecular weight excluding hydrogens is 380 g/mol. The Morgan fingerprint density at radius 2 is 1.80 bits per heavy atom. The van der Waals surface area contributed by atoms with Gasteiger partial charge in [0.1, 0.15) is 6.61 Å². The SMILES string of the molecule is COC(=O)c1cc(C(=O)N2CCCCC2)c2cc(OCc3ccccc3)ncc2c1. The second-order valence-electron chi connectivity index (χ2n) is 7.39. The maximum atomic E-state index is 13.3. The standard InChI is InChI=1S/C24H24N2O4/c1-29-24(28)18-12-19-15-25-22(30-16-17-8-4-2-5-9-17)14-20(19)21(13-18)23(27)26-10-6-3-7-11-26/h2,4-5,8-9,12-15H,3,6-7,10-11,16H2,1H3. The minimum absolute atomic E-state index is 0.0781. The van der Waals surface area contributed by atoms with Gasteiger partial charge in [-0.3, -0.25) is 4.79 Å². The molecule has 0 saturated carbocycles. The third-order valence-electron chi connectivity index (χ3n) is 5.34. The molecule has 6 nitrogen and oxygen atoms in total. The van der Waals surface area contributed by atoms with Gasteiger partial charge in [0.05, 0.1) is 12.7 Å². The summed E-state index contributed by atoms with van der Waals surface area (Å²) in [6.07, 6.45) is 4.75. The van der Waals surface area contributed by atoms with Crippen molar-refractivity contribution < 1.29 is 19.1 Å². The number of rotatable bonds is 5. The van der Waals surface area contributed by atoms with Crippen LogP contribution in [0, 0.1) is 0 Å². The summed E-state index contributed by atoms with van der Waals surface area (Å²) in [5, 5.41) is 1.42. The molecule has 0 N–H and O–H groups in total. The molecule has 1 aliphatic heterocycles. The molecule has 30 heavy (non-hydrogen) atoms. The number of benzene rings is 2. The van der Waals surface area contributed by atoms with E-state index in [9.17, 15) is 9.59 Å². The number of carbonyl (C=O) groups excluding carboxylic acids is 2. The average Bonchev–Trinajstić information content (AvgIpc) is 2.82. The van der Waals surface area contributed by atoms with E-state index < -0.39 is 5.97 Å². The van der Waals surface area contributed by atoms with Gasteiger partial charge in [-0.05, 0) is 37.0 Å². The molecule has 1 fully saturated rings. The first-order valence-electron chi connectivity index (χ1n) is 10.1. The fourth-order valence-electron chi connectivity index (χ4n) is 3.73. The number of ether oxygens (including phenoxy) is 2. The molecule has 0 bridgehead atoms. The highest BCUT2D eigenvalue weighted by Gasteiger charge is 2.22. The van der Waals surface area contributed by atoms with Gasteiger partial charge >= 0.3 is 5.97 Å². The number of piperidine rings is 1. The van der Waals surface area contributed by atoms with E-state index in [1.807, 2.05) is 35.2 Å². The summed E-state index contributed by atoms with van der Waals surface area (Å²) in [5.74, 6) is -0.121. The van der Waals surface area contributed by atoms with E-state index in [1.54, 1.807) is 24.4 Å². The molecule has 0 unspecified atom stereocenters. The predicted molar refractivity (Wildman–Crippen MR) is 114 cm³/mol. The first-order valence-corrected chi connectivity index (χ1v) is 10.1. The summed E-state index contributed by atoms with van der Waals surface area (Å²) in [6.45, 7) is 1.84. The summed E-state index contributed by atoms with van der Waals surface area (Å²) < 4.78 is 10.7. The van der Waals surface area contributed by atoms with Gasteiger partial charge in [-0.25, -0.2) is 9.78 Å². The summed E-state index contributed by atoms with van der Waals surface area (Å²) in [4.78, 5) is 31.6. The quantitative estimate of drug-likeness (QED) is 0.596. The van der Waals surface area contributed by atoms with Crippen molar-refractivity contribution in [3.8, 4) is 5.88 Å². The molecule has 6 heteroatoms. The van der Waals surface area contributed by atoms with Gasteiger partial charge in [-0.15, -0.1) is 0 Å². The van der Waals surface area contributed by atoms with Gasteiger partial charge in [0.15, 0.2) is 0 Å². The van der Waals surface area contributed by atoms with E-state index in [4.69, 9.17) is 9.47 Å². The highest BCUT2D eigenvalue weighted by molar-refractivity contribution is 6.10. The second kappa shape index (κ2) is 8.95. The van der Waals surface area contributed by atoms with Gasteiger partial charge in [0, 0.05) is 41.7 Å². The smallest absolute Gasteiger partial charge is 0.337 e. The summed E-state index contributed by atoms with van der Waals surface area (Å²) >= 11 is 0. The van der Waals surface area contributed by atoms with Crippen LogP contribution < -0.4 is 4.74 Å². The number of hydrogen-bond donors (Lipinski definition) is 0. The first-order chi connectivity index (χ1) is 14.7. The van der Waals surface area contributed by atoms with Crippen molar-refractivity contribution in [2.45, 2.75) is 25.9 Å². The molecule has 1 aromatic heterocycles. The van der Waals surface area contributed by atoms with Crippen LogP contribution >= 0.6 is 0 Å². The van der Waals surface area contributed by atoms with Crippen LogP contribution in [0.25, 0.3) is 10.8 Å². The molecule has 0 spiro atoms. The van der Waals surface area contributed by atoms with E-state index in [2.05, 4.69) is 4.98 Å². The largest absolute Gasteiger partial charge is 0.473 e. The molecule has 2 heterocycles. The van der Waals surface area contributed by atoms with Crippen molar-refractivity contribution in [2.75, 3.05) is 20.2 Å². The molecule has 1 aliphatic rings. The Kier molecular flexibility index (Phi) is 5.93. The van der Waals surface area contributed by atoms with Crippen LogP contribution in [0.15, 0.2) is 54.7 Å². The topological polar surface area (TPSA) is 68.7 Å². The number of likely N-dealkylation sites (tertiary alicyclic amines) is 1. The van der Waals surface area contributed by atoms with Gasteiger partial charge in [-0.1, -0.05) is 30.3 Å². The monoisotopic (exact) mass is 404 g/mol. The van der Waals surface area contributed by atoms with Crippen LogP contribution in [-0.2, 0) is 11.3 Å². The number of amides is 1. The van der Waals surface area contributed by atoms with Gasteiger partial charge in [0.2, 0.25) is 5.88 Å². The number of hydrogen-bond acceptors (Lipinski definition) is 5. The Morgan fingerprint density at radius 1 is 1.03 bits per heavy atom. The zero-order valence-corrected chi connectivity index (χ0v) is 17.0. The summed E-state index contributed by atoms with van der Waals surface area (Å²) in [6, 6.07) is 14.9. The second-order valence-corrected chi connectivity index (χ2v) is 7.39. The molecule has 1 saturated heterocycles. The molecular formula is C24H24N2O4. The lowest BCUT2D eigenvalue weighted by Crippen LogP contribution is -2.35. The zero-order chi connectivity index (χ0) is 20.9. The van der Waals surface area contributed by atoms with Crippen LogP contribution in [0.2, 0.25) is 0 Å². The summed E-state index contributed by atoms with van der Waals surface area (Å²) in [7, 11) is 1.33. The lowest BCUT2D eigenvalue weighted by Gasteiger charge is -2.27. The molecule has 0 radical (unpaired) electrons. The third-order valence-corrected chi connectivity index (χ3v) is 5.34. The van der Waals surface area contributed by atoms with E-state index in [0.29, 0.717) is 29.0 Å². The Hall–Kier alpha value is -3.41. The number of carbonyl (C=O) groups is 2. The predicted octanol–water partition coefficient (Wildman–Crippen LogP) is 4.23. The van der Waals surface area contributed by atoms with Crippen LogP contribution in [0.3, 0.4) is 0 Å². The van der Waals surface area contributed by atoms with Crippen LogP contribution in [0.4, 0.5) is 0 Å². The Labute approximate surface area is 175 Å². The van der Waals surface area contributed by atoms with Gasteiger partial charge in [0.25, 0.3) is 5.91 Å². The normalized spacial score (nSPS) is 13.8. The van der Waals surface area contributed by atoms with Crippen molar-refractivity contribution in [1.82, 2.24) is 9.88 Å². The number of fused-ring (bicyclic) bond motifs is 1. The molecule has 3 aromatic rings. The van der Waals surface area contributed by atoms with Crippen molar-refractivity contribution >= 4 is 22.6 Å². The van der Waals surface area contributed by atoms with Crippen LogP contribution in [-0.4, -0.2) is 42.0 Å². The van der Waals surface area contributed by atoms with Crippen LogP contribution in [0.5, 0.6) is 5.88 Å². The minimum atomic E-state index is -0.478. The zero-order valence-electron chi connectivity index (χ0n) is 17.0. The molecule has 4 rings (SSSR count). The van der Waals surface area contributed by atoms with Crippen molar-refractivity contribution in [1.29, 1.82) is 0 Å². The first kappa shape index (κ1) is 19.9. The highest BCUT2D eigenvalue weighted by atomic mass is 16.5. The Balaban J connectivity index is 1.71. The maximum absolute atomic E-state index is 13.3. The number of aromatic nitrogens is 1. The van der Waals surface area contributed by atoms with Crippen LogP contribution in [0.1, 0.15) is 45.5 Å². The third kappa shape index (κ3) is 4.27. The lowest BCUT2D eigenvalue weighted by molar-refractivity contribution is 0.0601. The molecule has 1 amide bonds. The van der Waals surface area contributed by atoms with Crippen molar-refractivity contribution in [2.24, 2.45) is 0 Å². The Bertz CT molecular complexity index is 1060. The van der Waals surface area contributed by atoms with Gasteiger partial charge in [-0.2, -0.15) is 0 Å². The molecule has 0 aliphatic carbocycles. The maximum Gasteiger partial charge on any atom is 0.337 e. The van der Waals surface area contributed by atoms with Gasteiger partial charge < -0.3 is 14.4 Å². The summed E-state index contributed by atoms with van der Waals surface area (Å²) in [5.41, 5.74) is 1.84. The van der Waals surface area contributed by atoms with E-state index in [0.717, 1.165) is 43.3 Å². The highest BCUT2D eigenvalue weighted by Crippen LogP contribution is 2.27. The number of esters is 1. The molecule has 2 aromatic carbocycles. The number of methoxy groups -OCH3 is 1. The molecule has 0 atom stereocenters. The minimum Gasteiger partial charge on any atom is -0.473 e. The number of pyridine rings is 1. The lowest BCUT2D eigenvalue weighted by atomic mass is 10.00. The fourth-order valence-corrected chi connectivity index (χ4v) is 3.73. The van der Waals surface area contributed by atoms with E-state index >= 15 is 0 Å². The Morgan fingerprint density at radius 3 is 2.53 bits per heavy atom. The van der Waals surface area contributed by atoms with E-state index in [-0.39, 0.29) is 5.91 Å². The number of nitrogens with zero attached hydrogens (tertiary/aromatic N) is 2.